The monoisotopic (exact) mass is 368 g/mol. The van der Waals surface area contributed by atoms with E-state index >= 15 is 0 Å². The maximum absolute atomic E-state index is 12.2. The van der Waals surface area contributed by atoms with Gasteiger partial charge in [0.1, 0.15) is 5.02 Å². The summed E-state index contributed by atoms with van der Waals surface area (Å²) in [6.45, 7) is 3.84. The fraction of sp³-hybridized carbons (Fsp3) is 0.462. The lowest BCUT2D eigenvalue weighted by atomic mass is 10.2. The molecular formula is C13H19Cl3N4O2. The molecule has 22 heavy (non-hydrogen) atoms. The topological polar surface area (TPSA) is 87.4 Å². The largest absolute Gasteiger partial charge is 1.00 e. The zero-order valence-corrected chi connectivity index (χ0v) is 14.4. The number of nitrogens with one attached hydrogen (secondary N) is 2. The molecule has 124 valence electrons. The second-order valence-corrected chi connectivity index (χ2v) is 6.29. The van der Waals surface area contributed by atoms with Gasteiger partial charge >= 0.3 is 0 Å². The molecule has 0 aromatic heterocycles. The zero-order valence-electron chi connectivity index (χ0n) is 12.1. The Balaban J connectivity index is 0.00000242. The van der Waals surface area contributed by atoms with Gasteiger partial charge in [-0.3, -0.25) is 4.79 Å². The maximum atomic E-state index is 12.2. The number of nitrogens with two attached hydrogens (primary N) is 1. The van der Waals surface area contributed by atoms with E-state index in [0.717, 1.165) is 26.2 Å². The van der Waals surface area contributed by atoms with Gasteiger partial charge in [0, 0.05) is 13.1 Å². The minimum atomic E-state index is -0.269. The van der Waals surface area contributed by atoms with Gasteiger partial charge in [-0.25, -0.2) is 0 Å². The van der Waals surface area contributed by atoms with Crippen LogP contribution in [0.4, 0.5) is 11.4 Å². The molecular weight excluding hydrogens is 351 g/mol. The summed E-state index contributed by atoms with van der Waals surface area (Å²) in [7, 11) is 2.03. The molecule has 0 atom stereocenters. The van der Waals surface area contributed by atoms with Gasteiger partial charge in [0.15, 0.2) is 12.3 Å². The molecule has 1 fully saturated rings. The molecule has 1 aromatic rings. The first-order valence-corrected chi connectivity index (χ1v) is 7.38. The summed E-state index contributed by atoms with van der Waals surface area (Å²) in [4.78, 5) is 12.2. The predicted molar refractivity (Wildman–Crippen MR) is 84.8 cm³/mol. The molecule has 6 nitrogen and oxygen atoms in total. The number of carbonyl (C=O) groups is 1. The van der Waals surface area contributed by atoms with Crippen molar-refractivity contribution in [3.63, 3.8) is 0 Å². The molecule has 0 spiro atoms. The number of amides is 1. The molecule has 1 amide bonds. The van der Waals surface area contributed by atoms with Crippen LogP contribution in [0.3, 0.4) is 0 Å². The lowest BCUT2D eigenvalue weighted by Gasteiger charge is -2.37. The third-order valence-electron chi connectivity index (χ3n) is 3.68. The maximum Gasteiger partial charge on any atom is 0.279 e. The molecule has 1 saturated heterocycles. The molecule has 5 N–H and O–H groups in total. The number of halogens is 3. The van der Waals surface area contributed by atoms with E-state index in [0.29, 0.717) is 11.0 Å². The van der Waals surface area contributed by atoms with Crippen molar-refractivity contribution in [2.24, 2.45) is 0 Å². The highest BCUT2D eigenvalue weighted by atomic mass is 35.5. The van der Waals surface area contributed by atoms with Gasteiger partial charge in [0.05, 0.1) is 36.5 Å². The summed E-state index contributed by atoms with van der Waals surface area (Å²) in [5, 5.41) is 16.0. The summed E-state index contributed by atoms with van der Waals surface area (Å²) < 4.78 is 0.649. The summed E-state index contributed by atoms with van der Waals surface area (Å²) in [5.41, 5.74) is 5.87. The van der Waals surface area contributed by atoms with Gasteiger partial charge in [-0.1, -0.05) is 23.2 Å². The van der Waals surface area contributed by atoms with Crippen LogP contribution in [0.25, 0.3) is 0 Å². The van der Waals surface area contributed by atoms with Crippen molar-refractivity contribution in [1.82, 2.24) is 5.32 Å². The minimum Gasteiger partial charge on any atom is -1.00 e. The number of nitrogen functional groups attached to an aromatic ring is 1. The Hall–Kier alpha value is -0.920. The van der Waals surface area contributed by atoms with Crippen molar-refractivity contribution in [3.8, 4) is 5.75 Å². The van der Waals surface area contributed by atoms with E-state index in [1.807, 2.05) is 7.05 Å². The smallest absolute Gasteiger partial charge is 0.279 e. The fourth-order valence-corrected chi connectivity index (χ4v) is 2.80. The Bertz CT molecular complexity index is 563. The van der Waals surface area contributed by atoms with E-state index in [1.165, 1.54) is 6.07 Å². The van der Waals surface area contributed by atoms with Crippen LogP contribution in [-0.2, 0) is 4.79 Å². The summed E-state index contributed by atoms with van der Waals surface area (Å²) in [6, 6.07) is 1.40. The quantitative estimate of drug-likeness (QED) is 0.290. The lowest BCUT2D eigenvalue weighted by molar-refractivity contribution is -0.903. The van der Waals surface area contributed by atoms with Crippen LogP contribution < -0.4 is 28.8 Å². The third kappa shape index (κ3) is 4.30. The molecule has 0 radical (unpaired) electrons. The minimum absolute atomic E-state index is 0. The van der Waals surface area contributed by atoms with Gasteiger partial charge in [-0.15, -0.1) is 0 Å². The van der Waals surface area contributed by atoms with E-state index in [-0.39, 0.29) is 45.5 Å². The van der Waals surface area contributed by atoms with Crippen LogP contribution in [0.2, 0.25) is 10.0 Å². The fourth-order valence-electron chi connectivity index (χ4n) is 2.35. The highest BCUT2D eigenvalue weighted by molar-refractivity contribution is 6.40. The number of quaternary nitrogens is 1. The van der Waals surface area contributed by atoms with Crippen LogP contribution in [-0.4, -0.2) is 55.3 Å². The number of likely N-dealkylation sites (N-methyl/N-ethyl adjacent to an activating group) is 1. The normalized spacial score (nSPS) is 16.7. The molecule has 1 heterocycles. The number of hydrogen-bond donors (Lipinski definition) is 4. The Morgan fingerprint density at radius 1 is 1.45 bits per heavy atom. The number of benzene rings is 1. The predicted octanol–water partition coefficient (Wildman–Crippen LogP) is -1.73. The van der Waals surface area contributed by atoms with Gasteiger partial charge in [0.25, 0.3) is 5.91 Å². The number of phenols is 1. The number of anilines is 2. The number of piperazine rings is 1. The summed E-state index contributed by atoms with van der Waals surface area (Å²) >= 11 is 11.8. The van der Waals surface area contributed by atoms with Crippen molar-refractivity contribution < 1.29 is 26.8 Å². The number of phenolic OH excluding ortho intramolecular Hbond substituents is 1. The van der Waals surface area contributed by atoms with Crippen molar-refractivity contribution in [3.05, 3.63) is 16.1 Å². The van der Waals surface area contributed by atoms with Crippen LogP contribution in [0.1, 0.15) is 0 Å². The Morgan fingerprint density at radius 2 is 2.05 bits per heavy atom. The number of rotatable bonds is 3. The van der Waals surface area contributed by atoms with E-state index in [2.05, 4.69) is 10.6 Å². The van der Waals surface area contributed by atoms with E-state index in [1.54, 1.807) is 0 Å². The Labute approximate surface area is 145 Å². The van der Waals surface area contributed by atoms with Gasteiger partial charge in [0.2, 0.25) is 0 Å². The molecule has 1 aromatic carbocycles. The van der Waals surface area contributed by atoms with Crippen molar-refractivity contribution >= 4 is 40.5 Å². The second kappa shape index (κ2) is 7.57. The number of aromatic hydroxyl groups is 1. The van der Waals surface area contributed by atoms with Gasteiger partial charge in [-0.05, 0) is 6.07 Å². The van der Waals surface area contributed by atoms with Crippen molar-refractivity contribution in [1.29, 1.82) is 0 Å². The third-order valence-corrected chi connectivity index (χ3v) is 4.38. The SMILES string of the molecule is C[N+]1(CC(=O)Nc2cc(Cl)c(N)c(Cl)c2O)CCNCC1.[Cl-]. The number of hydrogen-bond acceptors (Lipinski definition) is 4. The summed E-state index contributed by atoms with van der Waals surface area (Å²) in [5.74, 6) is -0.471. The van der Waals surface area contributed by atoms with Crippen LogP contribution in [0, 0.1) is 0 Å². The van der Waals surface area contributed by atoms with Gasteiger partial charge in [-0.2, -0.15) is 0 Å². The highest BCUT2D eigenvalue weighted by Crippen LogP contribution is 2.41. The molecule has 0 saturated carbocycles. The first-order valence-electron chi connectivity index (χ1n) is 6.63. The average molecular weight is 370 g/mol. The zero-order chi connectivity index (χ0) is 15.6. The molecule has 0 aliphatic carbocycles. The lowest BCUT2D eigenvalue weighted by Crippen LogP contribution is -3.00. The van der Waals surface area contributed by atoms with Crippen molar-refractivity contribution in [2.75, 3.05) is 50.8 Å². The second-order valence-electron chi connectivity index (χ2n) is 5.51. The Kier molecular flexibility index (Phi) is 6.58. The van der Waals surface area contributed by atoms with E-state index < -0.39 is 0 Å². The number of carbonyl (C=O) groups excluding carboxylic acids is 1. The van der Waals surface area contributed by atoms with Gasteiger partial charge < -0.3 is 38.4 Å². The van der Waals surface area contributed by atoms with E-state index in [4.69, 9.17) is 28.9 Å². The molecule has 9 heteroatoms. The average Bonchev–Trinajstić information content (AvgIpc) is 2.42. The highest BCUT2D eigenvalue weighted by Gasteiger charge is 2.28. The van der Waals surface area contributed by atoms with E-state index in [9.17, 15) is 9.90 Å². The number of nitrogens with zero attached hydrogens (tertiary/aromatic N) is 1. The molecule has 2 rings (SSSR count). The van der Waals surface area contributed by atoms with Crippen LogP contribution in [0.15, 0.2) is 6.07 Å². The van der Waals surface area contributed by atoms with Crippen molar-refractivity contribution in [2.45, 2.75) is 0 Å². The van der Waals surface area contributed by atoms with Crippen LogP contribution >= 0.6 is 23.2 Å². The standard InChI is InChI=1S/C13H18Cl2N4O2.ClH/c1-19(4-2-17-3-5-19)7-10(20)18-9-6-8(14)12(16)11(15)13(9)21;/h6,17H,2-5,7,16H2,1H3,(H-,18,20,21);1H. The molecule has 1 aliphatic rings. The Morgan fingerprint density at radius 3 is 2.64 bits per heavy atom. The first-order chi connectivity index (χ1) is 9.82. The summed E-state index contributed by atoms with van der Waals surface area (Å²) in [6.07, 6.45) is 0. The molecule has 0 bridgehead atoms. The van der Waals surface area contributed by atoms with Crippen LogP contribution in [0.5, 0.6) is 5.75 Å². The first kappa shape index (κ1) is 19.1. The molecule has 0 unspecified atom stereocenters. The molecule has 1 aliphatic heterocycles.